The molecule has 194 valence electrons. The van der Waals surface area contributed by atoms with E-state index < -0.39 is 18.0 Å². The topological polar surface area (TPSA) is 71.1 Å². The van der Waals surface area contributed by atoms with Crippen LogP contribution in [0, 0.1) is 12.5 Å². The van der Waals surface area contributed by atoms with E-state index in [1.807, 2.05) is 30.7 Å². The number of carbonyl (C=O) groups excluding carboxylic acids is 2. The van der Waals surface area contributed by atoms with Gasteiger partial charge < -0.3 is 0 Å². The minimum Gasteiger partial charge on any atom is -0.292 e. The third-order valence-electron chi connectivity index (χ3n) is 6.32. The lowest BCUT2D eigenvalue weighted by Crippen LogP contribution is -2.30. The van der Waals surface area contributed by atoms with Crippen molar-refractivity contribution >= 4 is 11.9 Å². The minimum absolute atomic E-state index is 0.416. The van der Waals surface area contributed by atoms with Gasteiger partial charge in [0.25, 0.3) is 0 Å². The van der Waals surface area contributed by atoms with Gasteiger partial charge in [0.05, 0.1) is 11.1 Å². The molecule has 0 aliphatic heterocycles. The van der Waals surface area contributed by atoms with Crippen molar-refractivity contribution in [3.05, 3.63) is 83.3 Å². The average molecular weight is 495 g/mol. The Morgan fingerprint density at radius 1 is 0.750 bits per heavy atom. The Morgan fingerprint density at radius 3 is 1.81 bits per heavy atom. The summed E-state index contributed by atoms with van der Waals surface area (Å²) in [5, 5.41) is 0. The van der Waals surface area contributed by atoms with Crippen molar-refractivity contribution in [2.45, 2.75) is 90.6 Å². The number of hydrogen-bond acceptors (Lipinski definition) is 6. The Balaban J connectivity index is 1.45. The summed E-state index contributed by atoms with van der Waals surface area (Å²) in [5.41, 5.74) is 3.22. The lowest BCUT2D eigenvalue weighted by molar-refractivity contribution is -0.317. The van der Waals surface area contributed by atoms with Gasteiger partial charge in [-0.2, -0.15) is 9.78 Å². The van der Waals surface area contributed by atoms with Crippen LogP contribution in [0.25, 0.3) is 0 Å². The monoisotopic (exact) mass is 494 g/mol. The Bertz CT molecular complexity index is 844. The predicted octanol–water partition coefficient (Wildman–Crippen LogP) is 7.32. The number of unbranched alkanes of at least 4 members (excludes halogenated alkanes) is 4. The molecule has 0 aromatic heterocycles. The summed E-state index contributed by atoms with van der Waals surface area (Å²) in [5.74, 6) is -1.15. The second kappa shape index (κ2) is 15.4. The SMILES string of the molecule is CCCCCc1ccc(C(=O)OO[C]2CC[CH]CC2OOC(=O)c2ccc(CCCCC)cc2)cc1. The third-order valence-corrected chi connectivity index (χ3v) is 6.32. The van der Waals surface area contributed by atoms with E-state index in [-0.39, 0.29) is 0 Å². The summed E-state index contributed by atoms with van der Waals surface area (Å²) < 4.78 is 0. The van der Waals surface area contributed by atoms with Crippen LogP contribution in [-0.2, 0) is 32.4 Å². The van der Waals surface area contributed by atoms with Crippen LogP contribution in [0.5, 0.6) is 0 Å². The van der Waals surface area contributed by atoms with Gasteiger partial charge in [0.2, 0.25) is 0 Å². The average Bonchev–Trinajstić information content (AvgIpc) is 2.92. The van der Waals surface area contributed by atoms with Gasteiger partial charge in [0, 0.05) is 0 Å². The molecular weight excluding hydrogens is 456 g/mol. The fraction of sp³-hybridized carbons (Fsp3) is 0.467. The summed E-state index contributed by atoms with van der Waals surface area (Å²) >= 11 is 0. The van der Waals surface area contributed by atoms with E-state index in [1.165, 1.54) is 36.8 Å². The third kappa shape index (κ3) is 9.07. The zero-order chi connectivity index (χ0) is 25.6. The van der Waals surface area contributed by atoms with E-state index in [9.17, 15) is 9.59 Å². The largest absolute Gasteiger partial charge is 0.373 e. The van der Waals surface area contributed by atoms with E-state index in [4.69, 9.17) is 19.6 Å². The first-order chi connectivity index (χ1) is 17.6. The summed E-state index contributed by atoms with van der Waals surface area (Å²) in [6.07, 6.45) is 12.6. The Hall–Kier alpha value is -2.70. The molecule has 0 saturated heterocycles. The van der Waals surface area contributed by atoms with Gasteiger partial charge in [-0.3, -0.25) is 9.78 Å². The number of hydrogen-bond donors (Lipinski definition) is 0. The number of benzene rings is 2. The molecule has 2 aromatic rings. The highest BCUT2D eigenvalue weighted by atomic mass is 17.2. The van der Waals surface area contributed by atoms with Crippen LogP contribution >= 0.6 is 0 Å². The van der Waals surface area contributed by atoms with Crippen molar-refractivity contribution in [3.8, 4) is 0 Å². The van der Waals surface area contributed by atoms with Crippen molar-refractivity contribution in [3.63, 3.8) is 0 Å². The molecule has 1 unspecified atom stereocenters. The van der Waals surface area contributed by atoms with Crippen LogP contribution in [0.3, 0.4) is 0 Å². The van der Waals surface area contributed by atoms with Crippen LogP contribution in [0.1, 0.15) is 103 Å². The second-order valence-corrected chi connectivity index (χ2v) is 9.25. The van der Waals surface area contributed by atoms with Gasteiger partial charge in [-0.25, -0.2) is 9.59 Å². The molecule has 1 atom stereocenters. The Kier molecular flexibility index (Phi) is 11.9. The molecule has 2 aromatic carbocycles. The van der Waals surface area contributed by atoms with Crippen molar-refractivity contribution in [2.24, 2.45) is 0 Å². The van der Waals surface area contributed by atoms with E-state index in [1.54, 1.807) is 24.3 Å². The zero-order valence-corrected chi connectivity index (χ0v) is 21.5. The van der Waals surface area contributed by atoms with Crippen LogP contribution in [-0.4, -0.2) is 18.0 Å². The van der Waals surface area contributed by atoms with E-state index >= 15 is 0 Å². The van der Waals surface area contributed by atoms with Crippen molar-refractivity contribution < 1.29 is 29.1 Å². The number of rotatable bonds is 14. The lowest BCUT2D eigenvalue weighted by Gasteiger charge is -2.26. The van der Waals surface area contributed by atoms with Gasteiger partial charge in [0.1, 0.15) is 6.10 Å². The highest BCUT2D eigenvalue weighted by Gasteiger charge is 2.33. The number of aryl methyl sites for hydroxylation is 2. The molecule has 0 bridgehead atoms. The molecule has 1 aliphatic carbocycles. The second-order valence-electron chi connectivity index (χ2n) is 9.25. The maximum atomic E-state index is 12.4. The smallest absolute Gasteiger partial charge is 0.292 e. The maximum absolute atomic E-state index is 12.4. The molecule has 0 amide bonds. The molecule has 0 spiro atoms. The maximum Gasteiger partial charge on any atom is 0.373 e. The van der Waals surface area contributed by atoms with Crippen LogP contribution in [0.15, 0.2) is 48.5 Å². The fourth-order valence-electron chi connectivity index (χ4n) is 4.06. The Labute approximate surface area is 215 Å². The van der Waals surface area contributed by atoms with Crippen LogP contribution in [0.2, 0.25) is 0 Å². The lowest BCUT2D eigenvalue weighted by atomic mass is 9.95. The Morgan fingerprint density at radius 2 is 1.28 bits per heavy atom. The summed E-state index contributed by atoms with van der Waals surface area (Å²) in [6.45, 7) is 4.35. The first-order valence-corrected chi connectivity index (χ1v) is 13.2. The van der Waals surface area contributed by atoms with Crippen LogP contribution < -0.4 is 0 Å². The molecule has 2 radical (unpaired) electrons. The van der Waals surface area contributed by atoms with Crippen molar-refractivity contribution in [2.75, 3.05) is 0 Å². The molecule has 3 rings (SSSR count). The zero-order valence-electron chi connectivity index (χ0n) is 21.5. The summed E-state index contributed by atoms with van der Waals surface area (Å²) in [4.78, 5) is 45.8. The molecule has 6 nitrogen and oxygen atoms in total. The van der Waals surface area contributed by atoms with E-state index in [0.29, 0.717) is 30.1 Å². The fourth-order valence-corrected chi connectivity index (χ4v) is 4.06. The molecule has 1 saturated carbocycles. The van der Waals surface area contributed by atoms with E-state index in [0.717, 1.165) is 32.1 Å². The molecule has 0 heterocycles. The molecule has 1 aliphatic rings. The molecule has 6 heteroatoms. The molecular formula is C30H38O6. The highest BCUT2D eigenvalue weighted by molar-refractivity contribution is 5.89. The van der Waals surface area contributed by atoms with Gasteiger partial charge >= 0.3 is 11.9 Å². The highest BCUT2D eigenvalue weighted by Crippen LogP contribution is 2.30. The normalized spacial score (nSPS) is 16.0. The standard InChI is InChI=1S/C30H38O6/c1-3-5-7-11-23-15-19-25(20-16-23)29(31)35-33-27-13-9-10-14-28(27)34-36-30(32)26-21-17-24(18-22-26)12-8-6-4-2/h9,15-22,27H,3-8,10-14H2,1-2H3. The van der Waals surface area contributed by atoms with Gasteiger partial charge in [-0.15, -0.1) is 0 Å². The van der Waals surface area contributed by atoms with Gasteiger partial charge in [-0.1, -0.05) is 63.8 Å². The van der Waals surface area contributed by atoms with Crippen LogP contribution in [0.4, 0.5) is 0 Å². The first-order valence-electron chi connectivity index (χ1n) is 13.2. The molecule has 36 heavy (non-hydrogen) atoms. The molecule has 0 N–H and O–H groups in total. The van der Waals surface area contributed by atoms with Crippen molar-refractivity contribution in [1.82, 2.24) is 0 Å². The van der Waals surface area contributed by atoms with Crippen molar-refractivity contribution in [1.29, 1.82) is 0 Å². The quantitative estimate of drug-likeness (QED) is 0.156. The van der Waals surface area contributed by atoms with Gasteiger partial charge in [-0.05, 0) is 86.8 Å². The predicted molar refractivity (Wildman–Crippen MR) is 138 cm³/mol. The first kappa shape index (κ1) is 27.9. The van der Waals surface area contributed by atoms with Gasteiger partial charge in [0.15, 0.2) is 6.10 Å². The molecule has 1 fully saturated rings. The minimum atomic E-state index is -0.634. The number of carbonyl (C=O) groups is 2. The summed E-state index contributed by atoms with van der Waals surface area (Å²) in [7, 11) is 0. The van der Waals surface area contributed by atoms with E-state index in [2.05, 4.69) is 13.8 Å². The summed E-state index contributed by atoms with van der Waals surface area (Å²) in [6, 6.07) is 14.8.